The number of carbonyl (C=O) groups is 1. The summed E-state index contributed by atoms with van der Waals surface area (Å²) >= 11 is 1.62. The van der Waals surface area contributed by atoms with Crippen molar-refractivity contribution < 1.29 is 4.79 Å². The van der Waals surface area contributed by atoms with Gasteiger partial charge in [-0.1, -0.05) is 13.3 Å². The Bertz CT molecular complexity index is 732. The van der Waals surface area contributed by atoms with E-state index in [-0.39, 0.29) is 18.0 Å². The lowest BCUT2D eigenvalue weighted by atomic mass is 10.2. The van der Waals surface area contributed by atoms with Crippen molar-refractivity contribution in [2.24, 2.45) is 0 Å². The molecule has 0 radical (unpaired) electrons. The molecule has 2 heterocycles. The van der Waals surface area contributed by atoms with Gasteiger partial charge >= 0.3 is 0 Å². The molecule has 0 saturated carbocycles. The van der Waals surface area contributed by atoms with E-state index in [0.29, 0.717) is 6.54 Å². The highest BCUT2D eigenvalue weighted by Gasteiger charge is 2.21. The molecule has 0 atom stereocenters. The highest BCUT2D eigenvalue weighted by molar-refractivity contribution is 7.18. The highest BCUT2D eigenvalue weighted by Crippen LogP contribution is 2.34. The number of rotatable bonds is 5. The summed E-state index contributed by atoms with van der Waals surface area (Å²) in [6.45, 7) is 2.79. The minimum absolute atomic E-state index is 0.0517. The Labute approximate surface area is 127 Å². The predicted molar refractivity (Wildman–Crippen MR) is 83.8 cm³/mol. The normalized spacial score (nSPS) is 13.6. The van der Waals surface area contributed by atoms with Gasteiger partial charge in [-0.25, -0.2) is 4.98 Å². The van der Waals surface area contributed by atoms with Gasteiger partial charge in [-0.3, -0.25) is 14.2 Å². The van der Waals surface area contributed by atoms with Crippen LogP contribution in [0.3, 0.4) is 0 Å². The maximum atomic E-state index is 12.6. The molecule has 0 fully saturated rings. The van der Waals surface area contributed by atoms with Gasteiger partial charge in [0.15, 0.2) is 0 Å². The largest absolute Gasteiger partial charge is 0.355 e. The molecule has 0 bridgehead atoms. The van der Waals surface area contributed by atoms with Crippen molar-refractivity contribution in [2.45, 2.75) is 45.6 Å². The Morgan fingerprint density at radius 2 is 2.33 bits per heavy atom. The standard InChI is InChI=1S/C15H19N3O2S/c1-2-3-7-16-12(19)8-18-9-17-14-13(15(18)20)10-5-4-6-11(10)21-14/h9H,2-8H2,1H3,(H,16,19). The van der Waals surface area contributed by atoms with E-state index in [1.54, 1.807) is 11.3 Å². The third kappa shape index (κ3) is 2.72. The number of aromatic nitrogens is 2. The van der Waals surface area contributed by atoms with E-state index < -0.39 is 0 Å². The molecule has 112 valence electrons. The van der Waals surface area contributed by atoms with Crippen molar-refractivity contribution in [3.05, 3.63) is 27.1 Å². The lowest BCUT2D eigenvalue weighted by molar-refractivity contribution is -0.121. The van der Waals surface area contributed by atoms with Gasteiger partial charge in [0.2, 0.25) is 5.91 Å². The Kier molecular flexibility index (Phi) is 4.05. The Hall–Kier alpha value is -1.69. The number of fused-ring (bicyclic) bond motifs is 3. The van der Waals surface area contributed by atoms with Crippen LogP contribution in [0.5, 0.6) is 0 Å². The molecule has 1 aliphatic carbocycles. The van der Waals surface area contributed by atoms with E-state index in [1.807, 2.05) is 0 Å². The molecule has 2 aromatic heterocycles. The number of unbranched alkanes of at least 4 members (excludes halogenated alkanes) is 1. The molecule has 0 saturated heterocycles. The van der Waals surface area contributed by atoms with Gasteiger partial charge in [0.1, 0.15) is 11.4 Å². The average Bonchev–Trinajstić information content (AvgIpc) is 3.02. The lowest BCUT2D eigenvalue weighted by Crippen LogP contribution is -2.33. The topological polar surface area (TPSA) is 64.0 Å². The zero-order valence-corrected chi connectivity index (χ0v) is 13.0. The zero-order chi connectivity index (χ0) is 14.8. The van der Waals surface area contributed by atoms with E-state index in [4.69, 9.17) is 0 Å². The summed E-state index contributed by atoms with van der Waals surface area (Å²) in [5.74, 6) is -0.126. The van der Waals surface area contributed by atoms with Crippen LogP contribution in [0, 0.1) is 0 Å². The molecule has 6 heteroatoms. The Morgan fingerprint density at radius 3 is 3.14 bits per heavy atom. The van der Waals surface area contributed by atoms with Crippen LogP contribution in [0.25, 0.3) is 10.2 Å². The molecule has 1 N–H and O–H groups in total. The Balaban J connectivity index is 1.85. The molecule has 1 amide bonds. The van der Waals surface area contributed by atoms with E-state index in [0.717, 1.165) is 47.9 Å². The van der Waals surface area contributed by atoms with Gasteiger partial charge < -0.3 is 5.32 Å². The quantitative estimate of drug-likeness (QED) is 0.858. The summed E-state index contributed by atoms with van der Waals surface area (Å²) in [4.78, 5) is 30.9. The Morgan fingerprint density at radius 1 is 1.48 bits per heavy atom. The molecule has 1 aliphatic rings. The van der Waals surface area contributed by atoms with E-state index in [2.05, 4.69) is 17.2 Å². The molecule has 0 aromatic carbocycles. The number of carbonyl (C=O) groups excluding carboxylic acids is 1. The van der Waals surface area contributed by atoms with Crippen molar-refractivity contribution in [2.75, 3.05) is 6.54 Å². The first-order valence-corrected chi connectivity index (χ1v) is 8.28. The summed E-state index contributed by atoms with van der Waals surface area (Å²) in [6.07, 6.45) is 6.61. The summed E-state index contributed by atoms with van der Waals surface area (Å²) in [7, 11) is 0. The second kappa shape index (κ2) is 5.97. The van der Waals surface area contributed by atoms with Crippen LogP contribution in [0.15, 0.2) is 11.1 Å². The van der Waals surface area contributed by atoms with Gasteiger partial charge in [0.25, 0.3) is 5.56 Å². The maximum Gasteiger partial charge on any atom is 0.262 e. The first kappa shape index (κ1) is 14.3. The van der Waals surface area contributed by atoms with E-state index >= 15 is 0 Å². The van der Waals surface area contributed by atoms with Crippen molar-refractivity contribution in [3.63, 3.8) is 0 Å². The summed E-state index contributed by atoms with van der Waals surface area (Å²) < 4.78 is 1.43. The molecule has 21 heavy (non-hydrogen) atoms. The predicted octanol–water partition coefficient (Wildman–Crippen LogP) is 1.86. The minimum atomic E-state index is -0.126. The van der Waals surface area contributed by atoms with Gasteiger partial charge in [-0.2, -0.15) is 0 Å². The molecule has 3 rings (SSSR count). The lowest BCUT2D eigenvalue weighted by Gasteiger charge is -2.07. The summed E-state index contributed by atoms with van der Waals surface area (Å²) in [5, 5.41) is 3.56. The number of thiophene rings is 1. The molecular formula is C15H19N3O2S. The van der Waals surface area contributed by atoms with Gasteiger partial charge in [0, 0.05) is 11.4 Å². The number of nitrogens with one attached hydrogen (secondary N) is 1. The molecule has 0 aliphatic heterocycles. The molecule has 5 nitrogen and oxygen atoms in total. The number of amides is 1. The second-order valence-electron chi connectivity index (χ2n) is 5.42. The van der Waals surface area contributed by atoms with E-state index in [1.165, 1.54) is 15.8 Å². The number of hydrogen-bond donors (Lipinski definition) is 1. The third-order valence-corrected chi connectivity index (χ3v) is 5.06. The van der Waals surface area contributed by atoms with Crippen molar-refractivity contribution in [1.29, 1.82) is 0 Å². The van der Waals surface area contributed by atoms with E-state index in [9.17, 15) is 9.59 Å². The van der Waals surface area contributed by atoms with Gasteiger partial charge in [0.05, 0.1) is 11.7 Å². The molecule has 0 unspecified atom stereocenters. The van der Waals surface area contributed by atoms with Gasteiger partial charge in [-0.05, 0) is 31.2 Å². The fourth-order valence-corrected chi connectivity index (χ4v) is 3.97. The molecular weight excluding hydrogens is 286 g/mol. The maximum absolute atomic E-state index is 12.6. The second-order valence-corrected chi connectivity index (χ2v) is 6.50. The summed E-state index contributed by atoms with van der Waals surface area (Å²) in [5.41, 5.74) is 1.08. The van der Waals surface area contributed by atoms with Crippen LogP contribution in [0.4, 0.5) is 0 Å². The average molecular weight is 305 g/mol. The van der Waals surface area contributed by atoms with Crippen molar-refractivity contribution in [1.82, 2.24) is 14.9 Å². The highest BCUT2D eigenvalue weighted by atomic mass is 32.1. The fraction of sp³-hybridized carbons (Fsp3) is 0.533. The zero-order valence-electron chi connectivity index (χ0n) is 12.1. The SMILES string of the molecule is CCCCNC(=O)Cn1cnc2sc3c(c2c1=O)CCC3. The van der Waals surface area contributed by atoms with Crippen LogP contribution in [0.2, 0.25) is 0 Å². The molecule has 2 aromatic rings. The smallest absolute Gasteiger partial charge is 0.262 e. The van der Waals surface area contributed by atoms with Gasteiger partial charge in [-0.15, -0.1) is 11.3 Å². The first-order valence-electron chi connectivity index (χ1n) is 7.47. The summed E-state index contributed by atoms with van der Waals surface area (Å²) in [6, 6.07) is 0. The number of aryl methyl sites for hydroxylation is 2. The molecule has 0 spiro atoms. The van der Waals surface area contributed by atoms with Crippen molar-refractivity contribution >= 4 is 27.5 Å². The monoisotopic (exact) mass is 305 g/mol. The van der Waals surface area contributed by atoms with Crippen LogP contribution in [0.1, 0.15) is 36.6 Å². The fourth-order valence-electron chi connectivity index (χ4n) is 2.75. The van der Waals surface area contributed by atoms with Crippen LogP contribution < -0.4 is 10.9 Å². The van der Waals surface area contributed by atoms with Crippen molar-refractivity contribution in [3.8, 4) is 0 Å². The number of hydrogen-bond acceptors (Lipinski definition) is 4. The number of nitrogens with zero attached hydrogens (tertiary/aromatic N) is 2. The van der Waals surface area contributed by atoms with Crippen LogP contribution in [-0.4, -0.2) is 22.0 Å². The van der Waals surface area contributed by atoms with Crippen LogP contribution >= 0.6 is 11.3 Å². The minimum Gasteiger partial charge on any atom is -0.355 e. The van der Waals surface area contributed by atoms with Crippen LogP contribution in [-0.2, 0) is 24.2 Å². The first-order chi connectivity index (χ1) is 10.2. The third-order valence-electron chi connectivity index (χ3n) is 3.86.